The lowest BCUT2D eigenvalue weighted by Crippen LogP contribution is -2.08. The molecule has 0 bridgehead atoms. The molecule has 2 heterocycles. The Labute approximate surface area is 122 Å². The molecule has 6 heteroatoms. The summed E-state index contributed by atoms with van der Waals surface area (Å²) in [5.41, 5.74) is 1.31. The number of rotatable bonds is 6. The van der Waals surface area contributed by atoms with Crippen LogP contribution in [0.25, 0.3) is 11.3 Å². The predicted molar refractivity (Wildman–Crippen MR) is 77.5 cm³/mol. The van der Waals surface area contributed by atoms with E-state index in [0.29, 0.717) is 23.1 Å². The summed E-state index contributed by atoms with van der Waals surface area (Å²) in [6, 6.07) is 3.65. The summed E-state index contributed by atoms with van der Waals surface area (Å²) in [6.45, 7) is 4.70. The second-order valence-electron chi connectivity index (χ2n) is 4.63. The zero-order valence-electron chi connectivity index (χ0n) is 11.6. The fourth-order valence-electron chi connectivity index (χ4n) is 1.64. The van der Waals surface area contributed by atoms with E-state index in [1.165, 1.54) is 0 Å². The highest BCUT2D eigenvalue weighted by molar-refractivity contribution is 7.08. The predicted octanol–water partition coefficient (Wildman–Crippen LogP) is 3.19. The number of hydrogen-bond acceptors (Lipinski definition) is 6. The van der Waals surface area contributed by atoms with Gasteiger partial charge in [-0.05, 0) is 36.0 Å². The number of nitrogens with zero attached hydrogens (tertiary/aromatic N) is 3. The van der Waals surface area contributed by atoms with Crippen LogP contribution in [-0.4, -0.2) is 27.1 Å². The van der Waals surface area contributed by atoms with Crippen LogP contribution >= 0.6 is 11.5 Å². The van der Waals surface area contributed by atoms with Crippen molar-refractivity contribution in [2.75, 3.05) is 6.61 Å². The summed E-state index contributed by atoms with van der Waals surface area (Å²) < 4.78 is 9.13. The van der Waals surface area contributed by atoms with Gasteiger partial charge in [-0.25, -0.2) is 4.79 Å². The SMILES string of the molecule is CC[C@H](C)CCOC(=O)c1snnc1-c1cccnc1. The van der Waals surface area contributed by atoms with Crippen molar-refractivity contribution < 1.29 is 9.53 Å². The first-order valence-corrected chi connectivity index (χ1v) is 7.39. The van der Waals surface area contributed by atoms with Crippen LogP contribution in [-0.2, 0) is 4.74 Å². The van der Waals surface area contributed by atoms with Crippen LogP contribution in [0.2, 0.25) is 0 Å². The standard InChI is InChI=1S/C14H17N3O2S/c1-3-10(2)6-8-19-14(18)13-12(16-17-20-13)11-5-4-7-15-9-11/h4-5,7,9-10H,3,6,8H2,1-2H3/t10-/m0/s1. The number of pyridine rings is 1. The maximum atomic E-state index is 12.1. The Morgan fingerprint density at radius 2 is 2.35 bits per heavy atom. The summed E-state index contributed by atoms with van der Waals surface area (Å²) >= 11 is 1.05. The van der Waals surface area contributed by atoms with E-state index in [-0.39, 0.29) is 5.97 Å². The van der Waals surface area contributed by atoms with Crippen LogP contribution in [0.15, 0.2) is 24.5 Å². The van der Waals surface area contributed by atoms with Gasteiger partial charge in [0.1, 0.15) is 5.69 Å². The molecule has 0 fully saturated rings. The molecule has 0 unspecified atom stereocenters. The quantitative estimate of drug-likeness (QED) is 0.765. The molecule has 0 N–H and O–H groups in total. The second-order valence-corrected chi connectivity index (χ2v) is 5.38. The van der Waals surface area contributed by atoms with Gasteiger partial charge in [-0.15, -0.1) is 5.10 Å². The molecule has 0 saturated heterocycles. The van der Waals surface area contributed by atoms with Crippen molar-refractivity contribution in [1.29, 1.82) is 0 Å². The molecular formula is C14H17N3O2S. The first-order chi connectivity index (χ1) is 9.72. The molecule has 106 valence electrons. The summed E-state index contributed by atoms with van der Waals surface area (Å²) in [4.78, 5) is 16.5. The highest BCUT2D eigenvalue weighted by Gasteiger charge is 2.19. The molecular weight excluding hydrogens is 274 g/mol. The van der Waals surface area contributed by atoms with Gasteiger partial charge < -0.3 is 4.74 Å². The third-order valence-electron chi connectivity index (χ3n) is 3.15. The Morgan fingerprint density at radius 3 is 3.05 bits per heavy atom. The normalized spacial score (nSPS) is 12.1. The first kappa shape index (κ1) is 14.6. The van der Waals surface area contributed by atoms with Gasteiger partial charge in [0.15, 0.2) is 4.88 Å². The fraction of sp³-hybridized carbons (Fsp3) is 0.429. The third-order valence-corrected chi connectivity index (χ3v) is 3.86. The monoisotopic (exact) mass is 291 g/mol. The van der Waals surface area contributed by atoms with Crippen molar-refractivity contribution in [2.24, 2.45) is 5.92 Å². The zero-order valence-corrected chi connectivity index (χ0v) is 12.4. The van der Waals surface area contributed by atoms with E-state index >= 15 is 0 Å². The van der Waals surface area contributed by atoms with Gasteiger partial charge in [0.2, 0.25) is 0 Å². The molecule has 0 aliphatic heterocycles. The topological polar surface area (TPSA) is 65.0 Å². The maximum absolute atomic E-state index is 12.1. The van der Waals surface area contributed by atoms with Crippen LogP contribution in [0.3, 0.4) is 0 Å². The number of carbonyl (C=O) groups excluding carboxylic acids is 1. The number of hydrogen-bond donors (Lipinski definition) is 0. The van der Waals surface area contributed by atoms with Crippen LogP contribution in [0.4, 0.5) is 0 Å². The molecule has 0 saturated carbocycles. The molecule has 0 aliphatic rings. The van der Waals surface area contributed by atoms with E-state index in [2.05, 4.69) is 28.4 Å². The van der Waals surface area contributed by atoms with Crippen molar-refractivity contribution in [3.05, 3.63) is 29.4 Å². The van der Waals surface area contributed by atoms with Crippen molar-refractivity contribution in [2.45, 2.75) is 26.7 Å². The highest BCUT2D eigenvalue weighted by atomic mass is 32.1. The van der Waals surface area contributed by atoms with E-state index in [1.807, 2.05) is 6.07 Å². The van der Waals surface area contributed by atoms with Crippen LogP contribution < -0.4 is 0 Å². The van der Waals surface area contributed by atoms with Crippen molar-refractivity contribution in [1.82, 2.24) is 14.6 Å². The van der Waals surface area contributed by atoms with E-state index in [4.69, 9.17) is 4.74 Å². The molecule has 2 aromatic rings. The average molecular weight is 291 g/mol. The Kier molecular flexibility index (Phi) is 5.17. The Hall–Kier alpha value is -1.82. The van der Waals surface area contributed by atoms with Crippen molar-refractivity contribution in [3.8, 4) is 11.3 Å². The molecule has 0 aliphatic carbocycles. The molecule has 0 radical (unpaired) electrons. The molecule has 20 heavy (non-hydrogen) atoms. The van der Waals surface area contributed by atoms with E-state index in [1.54, 1.807) is 18.5 Å². The summed E-state index contributed by atoms with van der Waals surface area (Å²) in [7, 11) is 0. The Balaban J connectivity index is 2.03. The lowest BCUT2D eigenvalue weighted by Gasteiger charge is -2.08. The molecule has 5 nitrogen and oxygen atoms in total. The minimum Gasteiger partial charge on any atom is -0.461 e. The largest absolute Gasteiger partial charge is 0.461 e. The van der Waals surface area contributed by atoms with Gasteiger partial charge in [0.25, 0.3) is 0 Å². The molecule has 2 aromatic heterocycles. The Bertz CT molecular complexity index is 557. The summed E-state index contributed by atoms with van der Waals surface area (Å²) in [5, 5.41) is 3.99. The minimum atomic E-state index is -0.359. The van der Waals surface area contributed by atoms with Gasteiger partial charge in [-0.1, -0.05) is 24.8 Å². The van der Waals surface area contributed by atoms with Gasteiger partial charge in [-0.2, -0.15) is 0 Å². The number of esters is 1. The zero-order chi connectivity index (χ0) is 14.4. The highest BCUT2D eigenvalue weighted by Crippen LogP contribution is 2.23. The van der Waals surface area contributed by atoms with Gasteiger partial charge in [-0.3, -0.25) is 4.98 Å². The van der Waals surface area contributed by atoms with Gasteiger partial charge in [0.05, 0.1) is 6.61 Å². The van der Waals surface area contributed by atoms with Crippen LogP contribution in [0.1, 0.15) is 36.4 Å². The molecule has 2 rings (SSSR count). The molecule has 0 aromatic carbocycles. The maximum Gasteiger partial charge on any atom is 0.352 e. The smallest absolute Gasteiger partial charge is 0.352 e. The van der Waals surface area contributed by atoms with E-state index in [0.717, 1.165) is 29.9 Å². The van der Waals surface area contributed by atoms with E-state index < -0.39 is 0 Å². The third kappa shape index (κ3) is 3.60. The second kappa shape index (κ2) is 7.09. The molecule has 0 amide bonds. The fourth-order valence-corrected chi connectivity index (χ4v) is 2.22. The van der Waals surface area contributed by atoms with Crippen molar-refractivity contribution in [3.63, 3.8) is 0 Å². The molecule has 0 spiro atoms. The minimum absolute atomic E-state index is 0.359. The lowest BCUT2D eigenvalue weighted by molar-refractivity contribution is 0.0491. The number of aromatic nitrogens is 3. The van der Waals surface area contributed by atoms with Crippen LogP contribution in [0.5, 0.6) is 0 Å². The lowest BCUT2D eigenvalue weighted by atomic mass is 10.1. The summed E-state index contributed by atoms with van der Waals surface area (Å²) in [5.74, 6) is 0.197. The number of carbonyl (C=O) groups is 1. The Morgan fingerprint density at radius 1 is 1.50 bits per heavy atom. The van der Waals surface area contributed by atoms with Crippen molar-refractivity contribution >= 4 is 17.5 Å². The van der Waals surface area contributed by atoms with Crippen LogP contribution in [0, 0.1) is 5.92 Å². The first-order valence-electron chi connectivity index (χ1n) is 6.62. The molecule has 1 atom stereocenters. The average Bonchev–Trinajstić information content (AvgIpc) is 2.97. The van der Waals surface area contributed by atoms with Gasteiger partial charge >= 0.3 is 5.97 Å². The van der Waals surface area contributed by atoms with E-state index in [9.17, 15) is 4.79 Å². The summed E-state index contributed by atoms with van der Waals surface area (Å²) in [6.07, 6.45) is 5.29. The number of ether oxygens (including phenoxy) is 1. The van der Waals surface area contributed by atoms with Gasteiger partial charge in [0, 0.05) is 18.0 Å².